The average molecular weight is 283 g/mol. The zero-order valence-corrected chi connectivity index (χ0v) is 10.7. The summed E-state index contributed by atoms with van der Waals surface area (Å²) in [5, 5.41) is 11.4. The Labute approximate surface area is 114 Å². The molecule has 108 valence electrons. The zero-order valence-electron chi connectivity index (χ0n) is 10.7. The summed E-state index contributed by atoms with van der Waals surface area (Å²) >= 11 is 0. The summed E-state index contributed by atoms with van der Waals surface area (Å²) in [4.78, 5) is 22.8. The second-order valence-corrected chi connectivity index (χ2v) is 5.05. The number of nitrogens with one attached hydrogen (secondary N) is 1. The fraction of sp³-hybridized carbons (Fsp3) is 0.429. The summed E-state index contributed by atoms with van der Waals surface area (Å²) in [5.41, 5.74) is 0.0412. The minimum atomic E-state index is -1.09. The molecule has 1 aromatic carbocycles. The monoisotopic (exact) mass is 283 g/mol. The predicted octanol–water partition coefficient (Wildman–Crippen LogP) is 1.88. The summed E-state index contributed by atoms with van der Waals surface area (Å²) in [6.45, 7) is 0. The van der Waals surface area contributed by atoms with Crippen molar-refractivity contribution in [1.29, 1.82) is 0 Å². The number of rotatable bonds is 6. The van der Waals surface area contributed by atoms with Crippen LogP contribution in [0.1, 0.15) is 24.8 Å². The first-order valence-electron chi connectivity index (χ1n) is 6.42. The minimum absolute atomic E-state index is 0.0412. The number of benzene rings is 1. The molecule has 0 aliphatic heterocycles. The minimum Gasteiger partial charge on any atom is -0.480 e. The Kier molecular flexibility index (Phi) is 4.32. The Bertz CT molecular complexity index is 529. The largest absolute Gasteiger partial charge is 0.480 e. The van der Waals surface area contributed by atoms with Crippen LogP contribution >= 0.6 is 0 Å². The maximum absolute atomic E-state index is 13.4. The molecule has 0 radical (unpaired) electrons. The van der Waals surface area contributed by atoms with Crippen LogP contribution in [0.3, 0.4) is 0 Å². The first-order chi connectivity index (χ1) is 9.45. The molecule has 2 N–H and O–H groups in total. The van der Waals surface area contributed by atoms with Crippen LogP contribution in [-0.2, 0) is 16.0 Å². The summed E-state index contributed by atoms with van der Waals surface area (Å²) < 4.78 is 26.1. The summed E-state index contributed by atoms with van der Waals surface area (Å²) in [6.07, 6.45) is 2.05. The molecule has 1 aliphatic rings. The summed E-state index contributed by atoms with van der Waals surface area (Å²) in [6, 6.07) is 1.99. The Balaban J connectivity index is 1.94. The second-order valence-electron chi connectivity index (χ2n) is 5.05. The van der Waals surface area contributed by atoms with Crippen LogP contribution in [0.5, 0.6) is 0 Å². The number of amides is 1. The van der Waals surface area contributed by atoms with Gasteiger partial charge in [0.25, 0.3) is 0 Å². The molecule has 0 aromatic heterocycles. The quantitative estimate of drug-likeness (QED) is 0.837. The summed E-state index contributed by atoms with van der Waals surface area (Å²) in [5.74, 6) is -2.86. The molecule has 0 bridgehead atoms. The van der Waals surface area contributed by atoms with E-state index in [0.717, 1.165) is 18.9 Å². The van der Waals surface area contributed by atoms with Crippen molar-refractivity contribution < 1.29 is 23.5 Å². The molecule has 6 heteroatoms. The maximum Gasteiger partial charge on any atom is 0.326 e. The number of carbonyl (C=O) groups is 2. The van der Waals surface area contributed by atoms with Gasteiger partial charge in [-0.25, -0.2) is 13.6 Å². The Hall–Kier alpha value is -1.98. The van der Waals surface area contributed by atoms with Gasteiger partial charge in [-0.15, -0.1) is 0 Å². The number of aliphatic carboxylic acids is 1. The molecule has 1 unspecified atom stereocenters. The van der Waals surface area contributed by atoms with Crippen molar-refractivity contribution in [3.05, 3.63) is 35.4 Å². The van der Waals surface area contributed by atoms with Gasteiger partial charge in [0.15, 0.2) is 0 Å². The molecule has 0 saturated heterocycles. The van der Waals surface area contributed by atoms with Crippen molar-refractivity contribution in [2.75, 3.05) is 0 Å². The smallest absolute Gasteiger partial charge is 0.326 e. The van der Waals surface area contributed by atoms with Crippen molar-refractivity contribution in [1.82, 2.24) is 5.32 Å². The van der Waals surface area contributed by atoms with Gasteiger partial charge in [-0.2, -0.15) is 0 Å². The van der Waals surface area contributed by atoms with Gasteiger partial charge in [-0.05, 0) is 24.0 Å². The molecular weight excluding hydrogens is 268 g/mol. The highest BCUT2D eigenvalue weighted by Crippen LogP contribution is 2.33. The molecule has 1 atom stereocenters. The first kappa shape index (κ1) is 14.4. The van der Waals surface area contributed by atoms with E-state index in [1.807, 2.05) is 0 Å². The molecule has 1 saturated carbocycles. The van der Waals surface area contributed by atoms with Crippen LogP contribution < -0.4 is 5.32 Å². The third kappa shape index (κ3) is 4.01. The van der Waals surface area contributed by atoms with Crippen LogP contribution in [0.25, 0.3) is 0 Å². The number of carbonyl (C=O) groups excluding carboxylic acids is 1. The predicted molar refractivity (Wildman–Crippen MR) is 67.0 cm³/mol. The molecule has 1 amide bonds. The van der Waals surface area contributed by atoms with Crippen LogP contribution in [-0.4, -0.2) is 23.0 Å². The van der Waals surface area contributed by atoms with Gasteiger partial charge in [-0.1, -0.05) is 18.9 Å². The maximum atomic E-state index is 13.4. The van der Waals surface area contributed by atoms with Gasteiger partial charge < -0.3 is 10.4 Å². The van der Waals surface area contributed by atoms with Crippen molar-refractivity contribution in [3.63, 3.8) is 0 Å². The molecule has 2 rings (SSSR count). The molecule has 20 heavy (non-hydrogen) atoms. The third-order valence-corrected chi connectivity index (χ3v) is 3.27. The highest BCUT2D eigenvalue weighted by molar-refractivity contribution is 5.84. The van der Waals surface area contributed by atoms with E-state index >= 15 is 0 Å². The number of carboxylic acids is 1. The van der Waals surface area contributed by atoms with Crippen molar-refractivity contribution in [2.45, 2.75) is 31.7 Å². The van der Waals surface area contributed by atoms with E-state index in [1.54, 1.807) is 0 Å². The fourth-order valence-electron chi connectivity index (χ4n) is 1.99. The number of carboxylic acid groups (broad SMARTS) is 1. The molecule has 1 aromatic rings. The van der Waals surface area contributed by atoms with E-state index in [4.69, 9.17) is 5.11 Å². The van der Waals surface area contributed by atoms with Gasteiger partial charge in [0.2, 0.25) is 5.91 Å². The van der Waals surface area contributed by atoms with E-state index in [9.17, 15) is 18.4 Å². The molecule has 0 spiro atoms. The Morgan fingerprint density at radius 2 is 2.05 bits per heavy atom. The van der Waals surface area contributed by atoms with E-state index < -0.39 is 29.6 Å². The van der Waals surface area contributed by atoms with Gasteiger partial charge in [0.1, 0.15) is 17.7 Å². The SMILES string of the molecule is O=C(Cc1ccc(F)cc1F)NC(CC1CC1)C(=O)O. The normalized spacial score (nSPS) is 15.7. The third-order valence-electron chi connectivity index (χ3n) is 3.27. The van der Waals surface area contributed by atoms with Gasteiger partial charge in [0.05, 0.1) is 6.42 Å². The highest BCUT2D eigenvalue weighted by atomic mass is 19.1. The van der Waals surface area contributed by atoms with Crippen LogP contribution in [0.2, 0.25) is 0 Å². The van der Waals surface area contributed by atoms with Crippen LogP contribution in [0.15, 0.2) is 18.2 Å². The number of hydrogen-bond donors (Lipinski definition) is 2. The lowest BCUT2D eigenvalue weighted by molar-refractivity contribution is -0.142. The van der Waals surface area contributed by atoms with E-state index in [2.05, 4.69) is 5.32 Å². The molecule has 0 heterocycles. The topological polar surface area (TPSA) is 66.4 Å². The highest BCUT2D eigenvalue weighted by Gasteiger charge is 2.30. The Morgan fingerprint density at radius 3 is 2.60 bits per heavy atom. The van der Waals surface area contributed by atoms with Crippen LogP contribution in [0, 0.1) is 17.6 Å². The van der Waals surface area contributed by atoms with E-state index in [0.29, 0.717) is 18.4 Å². The van der Waals surface area contributed by atoms with Crippen molar-refractivity contribution in [3.8, 4) is 0 Å². The molecule has 1 aliphatic carbocycles. The van der Waals surface area contributed by atoms with Crippen molar-refractivity contribution in [2.24, 2.45) is 5.92 Å². The standard InChI is InChI=1S/C14H15F2NO3/c15-10-4-3-9(11(16)7-10)6-13(18)17-12(14(19)20)5-8-1-2-8/h3-4,7-8,12H,1-2,5-6H2,(H,17,18)(H,19,20). The Morgan fingerprint density at radius 1 is 1.35 bits per heavy atom. The number of hydrogen-bond acceptors (Lipinski definition) is 2. The van der Waals surface area contributed by atoms with E-state index in [-0.39, 0.29) is 12.0 Å². The number of halogens is 2. The lowest BCUT2D eigenvalue weighted by Crippen LogP contribution is -2.41. The first-order valence-corrected chi connectivity index (χ1v) is 6.42. The average Bonchev–Trinajstić information content (AvgIpc) is 3.16. The fourth-order valence-corrected chi connectivity index (χ4v) is 1.99. The van der Waals surface area contributed by atoms with Gasteiger partial charge in [0, 0.05) is 6.07 Å². The lowest BCUT2D eigenvalue weighted by Gasteiger charge is -2.14. The van der Waals surface area contributed by atoms with Crippen molar-refractivity contribution >= 4 is 11.9 Å². The second kappa shape index (κ2) is 5.98. The van der Waals surface area contributed by atoms with Crippen LogP contribution in [0.4, 0.5) is 8.78 Å². The lowest BCUT2D eigenvalue weighted by atomic mass is 10.1. The molecule has 1 fully saturated rings. The zero-order chi connectivity index (χ0) is 14.7. The van der Waals surface area contributed by atoms with Gasteiger partial charge in [-0.3, -0.25) is 4.79 Å². The molecular formula is C14H15F2NO3. The van der Waals surface area contributed by atoms with E-state index in [1.165, 1.54) is 6.07 Å². The molecule has 4 nitrogen and oxygen atoms in total. The summed E-state index contributed by atoms with van der Waals surface area (Å²) in [7, 11) is 0. The van der Waals surface area contributed by atoms with Gasteiger partial charge >= 0.3 is 5.97 Å².